The summed E-state index contributed by atoms with van der Waals surface area (Å²) in [5.41, 5.74) is 0. The molecular weight excluding hydrogens is 376 g/mol. The van der Waals surface area contributed by atoms with Crippen molar-refractivity contribution in [3.05, 3.63) is 0 Å². The van der Waals surface area contributed by atoms with Gasteiger partial charge in [-0.15, -0.1) is 0 Å². The van der Waals surface area contributed by atoms with Gasteiger partial charge in [-0.2, -0.15) is 0 Å². The number of hydrogen-bond donors (Lipinski definition) is 2. The Hall–Kier alpha value is -0.160. The summed E-state index contributed by atoms with van der Waals surface area (Å²) < 4.78 is 0. The molecule has 0 heterocycles. The molecule has 0 aliphatic carbocycles. The highest BCUT2D eigenvalue weighted by Crippen LogP contribution is 2.14. The largest absolute Gasteiger partial charge is 0.366 e. The molecule has 0 fully saturated rings. The van der Waals surface area contributed by atoms with Gasteiger partial charge in [-0.1, -0.05) is 129 Å². The highest BCUT2D eigenvalue weighted by molar-refractivity contribution is 4.50. The molecule has 2 N–H and O–H groups in total. The summed E-state index contributed by atoms with van der Waals surface area (Å²) in [5.74, 6) is 0. The summed E-state index contributed by atoms with van der Waals surface area (Å²) in [7, 11) is 0. The zero-order valence-electron chi connectivity index (χ0n) is 20.4. The van der Waals surface area contributed by atoms with E-state index in [1.807, 2.05) is 0 Å². The predicted octanol–water partition coefficient (Wildman–Crippen LogP) is 8.19. The Morgan fingerprint density at radius 3 is 0.900 bits per heavy atom. The van der Waals surface area contributed by atoms with E-state index in [2.05, 4.69) is 13.8 Å². The molecule has 4 nitrogen and oxygen atoms in total. The molecule has 0 aliphatic heterocycles. The normalized spacial score (nSPS) is 13.6. The van der Waals surface area contributed by atoms with Gasteiger partial charge < -0.3 is 10.2 Å². The Balaban J connectivity index is 3.28. The molecule has 0 aromatic carbocycles. The summed E-state index contributed by atoms with van der Waals surface area (Å²) in [4.78, 5) is 9.87. The van der Waals surface area contributed by atoms with Gasteiger partial charge in [-0.25, -0.2) is 9.78 Å². The smallest absolute Gasteiger partial charge is 0.188 e. The Bertz CT molecular complexity index is 281. The average molecular weight is 431 g/mol. The van der Waals surface area contributed by atoms with E-state index in [9.17, 15) is 10.2 Å². The summed E-state index contributed by atoms with van der Waals surface area (Å²) in [5, 5.41) is 19.6. The van der Waals surface area contributed by atoms with Crippen LogP contribution >= 0.6 is 0 Å². The van der Waals surface area contributed by atoms with Gasteiger partial charge in [-0.3, -0.25) is 0 Å². The van der Waals surface area contributed by atoms with Crippen molar-refractivity contribution in [2.24, 2.45) is 0 Å². The molecule has 0 radical (unpaired) electrons. The van der Waals surface area contributed by atoms with E-state index < -0.39 is 12.6 Å². The van der Waals surface area contributed by atoms with Gasteiger partial charge >= 0.3 is 0 Å². The number of hydrogen-bond acceptors (Lipinski definition) is 4. The number of aliphatic hydroxyl groups excluding tert-OH is 2. The Kier molecular flexibility index (Phi) is 25.0. The van der Waals surface area contributed by atoms with Crippen molar-refractivity contribution >= 4 is 0 Å². The first-order chi connectivity index (χ1) is 14.7. The molecule has 182 valence electrons. The molecule has 0 aromatic rings. The van der Waals surface area contributed by atoms with Gasteiger partial charge in [0, 0.05) is 12.8 Å². The molecule has 0 aromatic heterocycles. The van der Waals surface area contributed by atoms with Gasteiger partial charge in [0.05, 0.1) is 0 Å². The molecule has 0 saturated heterocycles. The first-order valence-corrected chi connectivity index (χ1v) is 13.4. The number of unbranched alkanes of at least 4 members (excludes halogenated alkanes) is 18. The lowest BCUT2D eigenvalue weighted by molar-refractivity contribution is -0.424. The van der Waals surface area contributed by atoms with E-state index in [1.165, 1.54) is 103 Å². The van der Waals surface area contributed by atoms with E-state index in [4.69, 9.17) is 9.78 Å². The van der Waals surface area contributed by atoms with Crippen LogP contribution in [-0.2, 0) is 9.78 Å². The van der Waals surface area contributed by atoms with Crippen molar-refractivity contribution in [2.45, 2.75) is 168 Å². The fraction of sp³-hybridized carbons (Fsp3) is 1.00. The Morgan fingerprint density at radius 1 is 0.400 bits per heavy atom. The van der Waals surface area contributed by atoms with Crippen LogP contribution in [-0.4, -0.2) is 22.8 Å². The second-order valence-electron chi connectivity index (χ2n) is 9.04. The van der Waals surface area contributed by atoms with E-state index in [-0.39, 0.29) is 0 Å². The molecular formula is C26H54O4. The molecule has 0 spiro atoms. The third kappa shape index (κ3) is 24.1. The summed E-state index contributed by atoms with van der Waals surface area (Å²) in [6.07, 6.45) is 24.7. The van der Waals surface area contributed by atoms with E-state index in [1.54, 1.807) is 0 Å². The lowest BCUT2D eigenvalue weighted by Gasteiger charge is -2.14. The fourth-order valence-corrected chi connectivity index (χ4v) is 3.84. The van der Waals surface area contributed by atoms with Gasteiger partial charge in [0.2, 0.25) is 0 Å². The third-order valence-corrected chi connectivity index (χ3v) is 5.89. The molecule has 30 heavy (non-hydrogen) atoms. The Morgan fingerprint density at radius 2 is 0.633 bits per heavy atom. The van der Waals surface area contributed by atoms with Gasteiger partial charge in [0.1, 0.15) is 0 Å². The topological polar surface area (TPSA) is 58.9 Å². The number of rotatable bonds is 25. The van der Waals surface area contributed by atoms with Crippen LogP contribution in [0.5, 0.6) is 0 Å². The van der Waals surface area contributed by atoms with Crippen LogP contribution in [0, 0.1) is 0 Å². The maximum Gasteiger partial charge on any atom is 0.188 e. The van der Waals surface area contributed by atoms with Crippen LogP contribution in [0.4, 0.5) is 0 Å². The first-order valence-electron chi connectivity index (χ1n) is 13.4. The zero-order chi connectivity index (χ0) is 22.1. The van der Waals surface area contributed by atoms with Crippen molar-refractivity contribution in [3.63, 3.8) is 0 Å². The summed E-state index contributed by atoms with van der Waals surface area (Å²) in [6.45, 7) is 4.51. The molecule has 0 amide bonds. The van der Waals surface area contributed by atoms with Crippen LogP contribution in [0.15, 0.2) is 0 Å². The van der Waals surface area contributed by atoms with Crippen molar-refractivity contribution in [1.29, 1.82) is 0 Å². The van der Waals surface area contributed by atoms with E-state index in [0.29, 0.717) is 12.8 Å². The highest BCUT2D eigenvalue weighted by atomic mass is 17.2. The number of aliphatic hydroxyl groups is 2. The average Bonchev–Trinajstić information content (AvgIpc) is 2.75. The third-order valence-electron chi connectivity index (χ3n) is 5.89. The fourth-order valence-electron chi connectivity index (χ4n) is 3.84. The van der Waals surface area contributed by atoms with Gasteiger partial charge in [-0.05, 0) is 12.8 Å². The minimum absolute atomic E-state index is 0.571. The summed E-state index contributed by atoms with van der Waals surface area (Å²) in [6, 6.07) is 0. The van der Waals surface area contributed by atoms with Crippen molar-refractivity contribution in [2.75, 3.05) is 0 Å². The van der Waals surface area contributed by atoms with E-state index in [0.717, 1.165) is 25.7 Å². The van der Waals surface area contributed by atoms with Crippen molar-refractivity contribution in [1.82, 2.24) is 0 Å². The quantitative estimate of drug-likeness (QED) is 0.0663. The molecule has 0 bridgehead atoms. The minimum atomic E-state index is -0.929. The lowest BCUT2D eigenvalue weighted by Crippen LogP contribution is -2.19. The second kappa shape index (κ2) is 25.1. The van der Waals surface area contributed by atoms with Crippen molar-refractivity contribution in [3.8, 4) is 0 Å². The standard InChI is InChI=1S/C26H54O4/c1-3-5-7-9-11-13-15-17-19-21-23-25(27)29-30-26(28)24-22-20-18-16-14-12-10-8-6-4-2/h25-28H,3-24H2,1-2H3. The Labute approximate surface area is 188 Å². The van der Waals surface area contributed by atoms with Gasteiger partial charge in [0.15, 0.2) is 12.6 Å². The molecule has 2 unspecified atom stereocenters. The first kappa shape index (κ1) is 29.8. The maximum absolute atomic E-state index is 9.81. The second-order valence-corrected chi connectivity index (χ2v) is 9.04. The predicted molar refractivity (Wildman–Crippen MR) is 127 cm³/mol. The molecule has 0 aliphatic rings. The summed E-state index contributed by atoms with van der Waals surface area (Å²) >= 11 is 0. The molecule has 2 atom stereocenters. The molecule has 4 heteroatoms. The van der Waals surface area contributed by atoms with Crippen LogP contribution in [0.1, 0.15) is 155 Å². The van der Waals surface area contributed by atoms with Crippen LogP contribution in [0.2, 0.25) is 0 Å². The molecule has 0 saturated carbocycles. The maximum atomic E-state index is 9.81. The monoisotopic (exact) mass is 430 g/mol. The minimum Gasteiger partial charge on any atom is -0.366 e. The highest BCUT2D eigenvalue weighted by Gasteiger charge is 2.10. The van der Waals surface area contributed by atoms with Crippen LogP contribution in [0.25, 0.3) is 0 Å². The van der Waals surface area contributed by atoms with Crippen LogP contribution < -0.4 is 0 Å². The SMILES string of the molecule is CCCCCCCCCCCCC(O)OOC(O)CCCCCCCCCCCC. The van der Waals surface area contributed by atoms with Gasteiger partial charge in [0.25, 0.3) is 0 Å². The lowest BCUT2D eigenvalue weighted by atomic mass is 10.1. The van der Waals surface area contributed by atoms with Crippen molar-refractivity contribution < 1.29 is 20.0 Å². The van der Waals surface area contributed by atoms with E-state index >= 15 is 0 Å². The van der Waals surface area contributed by atoms with Crippen LogP contribution in [0.3, 0.4) is 0 Å². The molecule has 0 rings (SSSR count). The zero-order valence-corrected chi connectivity index (χ0v) is 20.4.